The summed E-state index contributed by atoms with van der Waals surface area (Å²) in [5, 5.41) is 7.70. The molecule has 2 aromatic carbocycles. The number of methoxy groups -OCH3 is 1. The SMILES string of the molecule is COc1c(NC(=O)c2ccc(C)c(N(N)C=C(N)c3c[nH][n+](C4CCCCC4)c3C)c2)cc(C(C)(C)C)cc1NS(C)(=O)=O. The first-order chi connectivity index (χ1) is 20.6. The van der Waals surface area contributed by atoms with Crippen molar-refractivity contribution in [3.63, 3.8) is 0 Å². The molecule has 11 nitrogen and oxygen atoms in total. The Hall–Kier alpha value is -4.03. The average Bonchev–Trinajstić information content (AvgIpc) is 3.33. The molecule has 238 valence electrons. The van der Waals surface area contributed by atoms with Crippen molar-refractivity contribution in [1.82, 2.24) is 5.10 Å². The highest BCUT2D eigenvalue weighted by Crippen LogP contribution is 2.39. The second kappa shape index (κ2) is 12.9. The van der Waals surface area contributed by atoms with E-state index in [1.165, 1.54) is 31.4 Å². The zero-order valence-electron chi connectivity index (χ0n) is 26.7. The Kier molecular flexibility index (Phi) is 9.65. The van der Waals surface area contributed by atoms with Gasteiger partial charge in [0, 0.05) is 31.5 Å². The molecule has 0 atom stereocenters. The van der Waals surface area contributed by atoms with Gasteiger partial charge >= 0.3 is 0 Å². The fourth-order valence-corrected chi connectivity index (χ4v) is 6.19. The maximum atomic E-state index is 13.6. The highest BCUT2D eigenvalue weighted by atomic mass is 32.2. The quantitative estimate of drug-likeness (QED) is 0.127. The van der Waals surface area contributed by atoms with Crippen LogP contribution in [0.5, 0.6) is 5.75 Å². The standard InChI is InChI=1S/C32H45N7O4S/c1-20-13-14-22(31(40)36-27-16-23(32(3,4)5)17-28(30(27)43-6)37-44(7,41)42)15-29(20)38(34)19-26(33)25-18-35-39(21(25)2)24-11-9-8-10-12-24/h13-19,24,37H,8-12,33-34H2,1-7H3,(H,36,40)/p+1. The van der Waals surface area contributed by atoms with Crippen LogP contribution in [0, 0.1) is 13.8 Å². The topological polar surface area (TPSA) is 159 Å². The Morgan fingerprint density at radius 2 is 1.77 bits per heavy atom. The van der Waals surface area contributed by atoms with Gasteiger partial charge < -0.3 is 15.8 Å². The fourth-order valence-electron chi connectivity index (χ4n) is 5.64. The Balaban J connectivity index is 1.62. The van der Waals surface area contributed by atoms with Crippen molar-refractivity contribution in [2.45, 2.75) is 78.2 Å². The number of carbonyl (C=O) groups is 1. The van der Waals surface area contributed by atoms with Crippen LogP contribution in [0.3, 0.4) is 0 Å². The lowest BCUT2D eigenvalue weighted by molar-refractivity contribution is -0.781. The van der Waals surface area contributed by atoms with Crippen molar-refractivity contribution in [1.29, 1.82) is 0 Å². The highest BCUT2D eigenvalue weighted by molar-refractivity contribution is 7.92. The summed E-state index contributed by atoms with van der Waals surface area (Å²) in [6, 6.07) is 9.15. The van der Waals surface area contributed by atoms with E-state index in [2.05, 4.69) is 26.7 Å². The number of H-pyrrole nitrogens is 1. The molecule has 1 amide bonds. The van der Waals surface area contributed by atoms with Gasteiger partial charge in [0.15, 0.2) is 11.8 Å². The zero-order valence-corrected chi connectivity index (χ0v) is 27.6. The molecule has 0 bridgehead atoms. The molecular formula is C32H46N7O4S+. The van der Waals surface area contributed by atoms with E-state index in [0.717, 1.165) is 41.5 Å². The van der Waals surface area contributed by atoms with Crippen molar-refractivity contribution >= 4 is 38.7 Å². The van der Waals surface area contributed by atoms with Gasteiger partial charge in [0.1, 0.15) is 0 Å². The van der Waals surface area contributed by atoms with Crippen molar-refractivity contribution in [2.75, 3.05) is 28.4 Å². The van der Waals surface area contributed by atoms with Crippen LogP contribution in [-0.2, 0) is 15.4 Å². The van der Waals surface area contributed by atoms with Crippen LogP contribution in [-0.4, -0.2) is 32.8 Å². The molecule has 0 saturated heterocycles. The Labute approximate surface area is 260 Å². The summed E-state index contributed by atoms with van der Waals surface area (Å²) in [6.45, 7) is 9.94. The number of carbonyl (C=O) groups excluding carboxylic acids is 1. The predicted octanol–water partition coefficient (Wildman–Crippen LogP) is 4.99. The summed E-state index contributed by atoms with van der Waals surface area (Å²) in [7, 11) is -2.19. The molecule has 3 aromatic rings. The van der Waals surface area contributed by atoms with Gasteiger partial charge in [0.2, 0.25) is 15.7 Å². The van der Waals surface area contributed by atoms with Gasteiger partial charge in [-0.3, -0.25) is 14.5 Å². The molecule has 1 fully saturated rings. The number of rotatable bonds is 9. The summed E-state index contributed by atoms with van der Waals surface area (Å²) in [5.74, 6) is 6.28. The molecule has 7 N–H and O–H groups in total. The number of anilines is 3. The molecule has 0 radical (unpaired) electrons. The van der Waals surface area contributed by atoms with Crippen molar-refractivity contribution < 1.29 is 22.6 Å². The number of sulfonamides is 1. The van der Waals surface area contributed by atoms with Crippen LogP contribution < -0.4 is 36.0 Å². The highest BCUT2D eigenvalue weighted by Gasteiger charge is 2.28. The number of benzene rings is 2. The monoisotopic (exact) mass is 624 g/mol. The molecule has 1 aromatic heterocycles. The largest absolute Gasteiger partial charge is 0.492 e. The van der Waals surface area contributed by atoms with Crippen molar-refractivity contribution in [3.05, 3.63) is 70.7 Å². The molecule has 0 aliphatic heterocycles. The average molecular weight is 625 g/mol. The number of nitrogens with zero attached hydrogens (tertiary/aromatic N) is 2. The van der Waals surface area contributed by atoms with Gasteiger partial charge in [0.25, 0.3) is 5.91 Å². The van der Waals surface area contributed by atoms with E-state index < -0.39 is 15.9 Å². The first kappa shape index (κ1) is 32.9. The number of aromatic amines is 1. The maximum absolute atomic E-state index is 13.6. The van der Waals surface area contributed by atoms with Crippen LogP contribution in [0.1, 0.15) is 91.7 Å². The number of hydrogen-bond acceptors (Lipinski definition) is 7. The van der Waals surface area contributed by atoms with E-state index in [0.29, 0.717) is 28.7 Å². The molecule has 1 saturated carbocycles. The van der Waals surface area contributed by atoms with Crippen LogP contribution in [0.15, 0.2) is 42.7 Å². The summed E-state index contributed by atoms with van der Waals surface area (Å²) < 4.78 is 34.4. The molecule has 1 aliphatic carbocycles. The predicted molar refractivity (Wildman–Crippen MR) is 176 cm³/mol. The number of hydrogen-bond donors (Lipinski definition) is 5. The maximum Gasteiger partial charge on any atom is 0.255 e. The van der Waals surface area contributed by atoms with Crippen LogP contribution in [0.2, 0.25) is 0 Å². The van der Waals surface area contributed by atoms with Gasteiger partial charge in [0.05, 0.1) is 47.9 Å². The van der Waals surface area contributed by atoms with Gasteiger partial charge in [-0.2, -0.15) is 5.10 Å². The second-order valence-electron chi connectivity index (χ2n) is 12.6. The number of nitrogens with two attached hydrogens (primary N) is 2. The molecule has 4 rings (SSSR count). The van der Waals surface area contributed by atoms with E-state index in [9.17, 15) is 13.2 Å². The number of aromatic nitrogens is 2. The smallest absolute Gasteiger partial charge is 0.255 e. The van der Waals surface area contributed by atoms with Crippen LogP contribution in [0.4, 0.5) is 17.1 Å². The lowest BCUT2D eigenvalue weighted by atomic mass is 9.86. The van der Waals surface area contributed by atoms with Crippen molar-refractivity contribution in [3.8, 4) is 5.75 Å². The minimum atomic E-state index is -3.61. The van der Waals surface area contributed by atoms with Gasteiger partial charge in [-0.25, -0.2) is 14.3 Å². The summed E-state index contributed by atoms with van der Waals surface area (Å²) in [5.41, 5.74) is 11.8. The number of nitrogens with one attached hydrogen (secondary N) is 3. The molecular weight excluding hydrogens is 578 g/mol. The Bertz CT molecular complexity index is 1670. The number of ether oxygens (including phenoxy) is 1. The van der Waals surface area contributed by atoms with E-state index in [-0.39, 0.29) is 16.9 Å². The normalized spacial score (nSPS) is 14.8. The number of hydrazine groups is 1. The third-order valence-electron chi connectivity index (χ3n) is 8.08. The van der Waals surface area contributed by atoms with Crippen LogP contribution >= 0.6 is 0 Å². The molecule has 12 heteroatoms. The Morgan fingerprint density at radius 3 is 2.39 bits per heavy atom. The molecule has 0 spiro atoms. The van der Waals surface area contributed by atoms with E-state index in [1.54, 1.807) is 30.5 Å². The third kappa shape index (κ3) is 7.54. The minimum Gasteiger partial charge on any atom is -0.492 e. The van der Waals surface area contributed by atoms with Gasteiger partial charge in [-0.1, -0.05) is 33.3 Å². The third-order valence-corrected chi connectivity index (χ3v) is 8.67. The van der Waals surface area contributed by atoms with E-state index in [4.69, 9.17) is 16.3 Å². The second-order valence-corrected chi connectivity index (χ2v) is 14.4. The zero-order chi connectivity index (χ0) is 32.4. The van der Waals surface area contributed by atoms with Gasteiger partial charge in [-0.15, -0.1) is 4.68 Å². The summed E-state index contributed by atoms with van der Waals surface area (Å²) in [4.78, 5) is 13.6. The van der Waals surface area contributed by atoms with E-state index in [1.807, 2.05) is 40.0 Å². The fraction of sp³-hybridized carbons (Fsp3) is 0.438. The molecule has 1 aliphatic rings. The first-order valence-electron chi connectivity index (χ1n) is 14.8. The summed E-state index contributed by atoms with van der Waals surface area (Å²) in [6.07, 6.45) is 10.7. The number of aryl methyl sites for hydroxylation is 1. The summed E-state index contributed by atoms with van der Waals surface area (Å²) >= 11 is 0. The van der Waals surface area contributed by atoms with E-state index >= 15 is 0 Å². The van der Waals surface area contributed by atoms with Crippen LogP contribution in [0.25, 0.3) is 5.70 Å². The number of amides is 1. The Morgan fingerprint density at radius 1 is 1.11 bits per heavy atom. The molecule has 44 heavy (non-hydrogen) atoms. The first-order valence-corrected chi connectivity index (χ1v) is 16.7. The lowest BCUT2D eigenvalue weighted by Gasteiger charge is -2.24. The molecule has 0 unspecified atom stereocenters. The van der Waals surface area contributed by atoms with Crippen molar-refractivity contribution in [2.24, 2.45) is 11.6 Å². The van der Waals surface area contributed by atoms with Gasteiger partial charge in [-0.05, 0) is 60.6 Å². The molecule has 1 heterocycles. The minimum absolute atomic E-state index is 0.201. The lowest BCUT2D eigenvalue weighted by Crippen LogP contribution is -2.44.